The molecule has 1 nitrogen and oxygen atoms in total. The Labute approximate surface area is 133 Å². The van der Waals surface area contributed by atoms with Crippen LogP contribution >= 0.6 is 27.5 Å². The fourth-order valence-corrected chi connectivity index (χ4v) is 2.65. The van der Waals surface area contributed by atoms with Gasteiger partial charge in [0.1, 0.15) is 23.2 Å². The van der Waals surface area contributed by atoms with Gasteiger partial charge in [0.2, 0.25) is 0 Å². The molecule has 0 aliphatic rings. The Morgan fingerprint density at radius 3 is 2.48 bits per heavy atom. The lowest BCUT2D eigenvalue weighted by Crippen LogP contribution is -2.02. The molecule has 0 saturated heterocycles. The minimum absolute atomic E-state index is 0.127. The summed E-state index contributed by atoms with van der Waals surface area (Å²) in [5.74, 6) is -1.52. The molecule has 0 bridgehead atoms. The molecule has 0 heterocycles. The maximum Gasteiger partial charge on any atom is 0.141 e. The van der Waals surface area contributed by atoms with E-state index >= 15 is 0 Å². The molecule has 6 heteroatoms. The average molecular weight is 380 g/mol. The van der Waals surface area contributed by atoms with E-state index < -0.39 is 22.8 Å². The molecule has 2 aromatic rings. The monoisotopic (exact) mass is 378 g/mol. The molecule has 0 spiro atoms. The molecule has 0 fully saturated rings. The Kier molecular flexibility index (Phi) is 5.17. The van der Waals surface area contributed by atoms with Crippen LogP contribution in [0.15, 0.2) is 34.8 Å². The lowest BCUT2D eigenvalue weighted by atomic mass is 10.0. The van der Waals surface area contributed by atoms with Crippen molar-refractivity contribution in [3.05, 3.63) is 63.4 Å². The van der Waals surface area contributed by atoms with E-state index in [1.165, 1.54) is 31.4 Å². The first-order valence-electron chi connectivity index (χ1n) is 6.03. The minimum atomic E-state index is -0.666. The smallest absolute Gasteiger partial charge is 0.141 e. The molecule has 112 valence electrons. The summed E-state index contributed by atoms with van der Waals surface area (Å²) in [7, 11) is 1.40. The first kappa shape index (κ1) is 16.2. The molecule has 1 unspecified atom stereocenters. The van der Waals surface area contributed by atoms with Gasteiger partial charge in [0.05, 0.1) is 17.0 Å². The van der Waals surface area contributed by atoms with Crippen LogP contribution in [0.2, 0.25) is 0 Å². The van der Waals surface area contributed by atoms with Crippen molar-refractivity contribution in [2.45, 2.75) is 11.8 Å². The van der Waals surface area contributed by atoms with Gasteiger partial charge >= 0.3 is 0 Å². The fourth-order valence-electron chi connectivity index (χ4n) is 1.96. The van der Waals surface area contributed by atoms with E-state index in [-0.39, 0.29) is 22.2 Å². The van der Waals surface area contributed by atoms with Crippen molar-refractivity contribution >= 4 is 27.5 Å². The number of halogens is 5. The van der Waals surface area contributed by atoms with Crippen LogP contribution in [0.25, 0.3) is 0 Å². The van der Waals surface area contributed by atoms with E-state index in [9.17, 15) is 13.2 Å². The molecule has 0 aliphatic carbocycles. The van der Waals surface area contributed by atoms with Crippen LogP contribution in [-0.2, 0) is 6.42 Å². The van der Waals surface area contributed by atoms with Gasteiger partial charge in [-0.1, -0.05) is 6.07 Å². The number of rotatable bonds is 4. The molecule has 0 aliphatic heterocycles. The third kappa shape index (κ3) is 3.71. The zero-order chi connectivity index (χ0) is 15.6. The van der Waals surface area contributed by atoms with Crippen molar-refractivity contribution < 1.29 is 17.9 Å². The van der Waals surface area contributed by atoms with E-state index in [1.54, 1.807) is 0 Å². The molecule has 2 aromatic carbocycles. The van der Waals surface area contributed by atoms with E-state index in [0.29, 0.717) is 5.56 Å². The molecular formula is C15H11BrClF3O. The van der Waals surface area contributed by atoms with E-state index in [4.69, 9.17) is 16.3 Å². The Bertz CT molecular complexity index is 664. The van der Waals surface area contributed by atoms with E-state index in [1.807, 2.05) is 0 Å². The number of hydrogen-bond acceptors (Lipinski definition) is 1. The molecule has 0 N–H and O–H groups in total. The second-order valence-electron chi connectivity index (χ2n) is 4.42. The van der Waals surface area contributed by atoms with Crippen molar-refractivity contribution in [2.75, 3.05) is 7.11 Å². The lowest BCUT2D eigenvalue weighted by molar-refractivity contribution is 0.405. The molecule has 0 aromatic heterocycles. The maximum absolute atomic E-state index is 13.7. The summed E-state index contributed by atoms with van der Waals surface area (Å²) in [6.45, 7) is 0. The molecule has 21 heavy (non-hydrogen) atoms. The topological polar surface area (TPSA) is 9.23 Å². The highest BCUT2D eigenvalue weighted by atomic mass is 79.9. The van der Waals surface area contributed by atoms with Gasteiger partial charge in [0, 0.05) is 17.7 Å². The van der Waals surface area contributed by atoms with Gasteiger partial charge in [0.15, 0.2) is 0 Å². The molecular weight excluding hydrogens is 369 g/mol. The van der Waals surface area contributed by atoms with Crippen LogP contribution < -0.4 is 4.74 Å². The van der Waals surface area contributed by atoms with Crippen molar-refractivity contribution in [3.8, 4) is 5.75 Å². The van der Waals surface area contributed by atoms with Crippen LogP contribution in [0.4, 0.5) is 13.2 Å². The first-order chi connectivity index (χ1) is 9.92. The van der Waals surface area contributed by atoms with Crippen LogP contribution in [-0.4, -0.2) is 7.11 Å². The van der Waals surface area contributed by atoms with Crippen molar-refractivity contribution in [3.63, 3.8) is 0 Å². The Morgan fingerprint density at radius 1 is 1.14 bits per heavy atom. The molecule has 1 atom stereocenters. The summed E-state index contributed by atoms with van der Waals surface area (Å²) >= 11 is 9.35. The SMILES string of the molecule is COc1cc(F)c(Br)cc1C(Cl)Cc1ccc(F)cc1F. The summed E-state index contributed by atoms with van der Waals surface area (Å²) in [6.07, 6.45) is 0.127. The Hall–Kier alpha value is -1.20. The summed E-state index contributed by atoms with van der Waals surface area (Å²) in [5.41, 5.74) is 0.801. The Balaban J connectivity index is 2.31. The highest BCUT2D eigenvalue weighted by Crippen LogP contribution is 2.36. The minimum Gasteiger partial charge on any atom is -0.496 e. The van der Waals surface area contributed by atoms with Gasteiger partial charge < -0.3 is 4.74 Å². The fraction of sp³-hybridized carbons (Fsp3) is 0.200. The number of methoxy groups -OCH3 is 1. The van der Waals surface area contributed by atoms with E-state index in [0.717, 1.165) is 6.07 Å². The average Bonchev–Trinajstić information content (AvgIpc) is 2.44. The van der Waals surface area contributed by atoms with Crippen LogP contribution in [0, 0.1) is 17.5 Å². The van der Waals surface area contributed by atoms with Crippen LogP contribution in [0.3, 0.4) is 0 Å². The van der Waals surface area contributed by atoms with Gasteiger partial charge in [-0.2, -0.15) is 0 Å². The second-order valence-corrected chi connectivity index (χ2v) is 5.80. The molecule has 0 radical (unpaired) electrons. The highest BCUT2D eigenvalue weighted by molar-refractivity contribution is 9.10. The standard InChI is InChI=1S/C15H11BrClF3O/c1-21-15-7-14(20)11(16)6-10(15)12(17)4-8-2-3-9(18)5-13(8)19/h2-3,5-7,12H,4H2,1H3. The summed E-state index contributed by atoms with van der Waals surface area (Å²) < 4.78 is 45.3. The number of hydrogen-bond donors (Lipinski definition) is 0. The summed E-state index contributed by atoms with van der Waals surface area (Å²) in [5, 5.41) is -0.642. The Morgan fingerprint density at radius 2 is 1.86 bits per heavy atom. The zero-order valence-corrected chi connectivity index (χ0v) is 13.3. The van der Waals surface area contributed by atoms with Crippen LogP contribution in [0.1, 0.15) is 16.5 Å². The molecule has 0 amide bonds. The van der Waals surface area contributed by atoms with Gasteiger partial charge in [-0.25, -0.2) is 13.2 Å². The largest absolute Gasteiger partial charge is 0.496 e. The van der Waals surface area contributed by atoms with Crippen molar-refractivity contribution in [1.29, 1.82) is 0 Å². The zero-order valence-electron chi connectivity index (χ0n) is 11.0. The predicted molar refractivity (Wildman–Crippen MR) is 79.3 cm³/mol. The van der Waals surface area contributed by atoms with E-state index in [2.05, 4.69) is 15.9 Å². The summed E-state index contributed by atoms with van der Waals surface area (Å²) in [6, 6.07) is 6.00. The van der Waals surface area contributed by atoms with Gasteiger partial charge in [-0.3, -0.25) is 0 Å². The second kappa shape index (κ2) is 6.71. The quantitative estimate of drug-likeness (QED) is 0.647. The predicted octanol–water partition coefficient (Wildman–Crippen LogP) is 5.40. The first-order valence-corrected chi connectivity index (χ1v) is 7.26. The number of benzene rings is 2. The third-order valence-electron chi connectivity index (χ3n) is 3.02. The van der Waals surface area contributed by atoms with Gasteiger partial charge in [-0.15, -0.1) is 11.6 Å². The van der Waals surface area contributed by atoms with Gasteiger partial charge in [0.25, 0.3) is 0 Å². The van der Waals surface area contributed by atoms with Crippen LogP contribution in [0.5, 0.6) is 5.75 Å². The number of ether oxygens (including phenoxy) is 1. The lowest BCUT2D eigenvalue weighted by Gasteiger charge is -2.15. The highest BCUT2D eigenvalue weighted by Gasteiger charge is 2.18. The third-order valence-corrected chi connectivity index (χ3v) is 4.02. The number of alkyl halides is 1. The van der Waals surface area contributed by atoms with Crippen molar-refractivity contribution in [2.24, 2.45) is 0 Å². The van der Waals surface area contributed by atoms with Crippen molar-refractivity contribution in [1.82, 2.24) is 0 Å². The molecule has 0 saturated carbocycles. The summed E-state index contributed by atoms with van der Waals surface area (Å²) in [4.78, 5) is 0. The molecule has 2 rings (SSSR count). The maximum atomic E-state index is 13.7. The normalized spacial score (nSPS) is 12.3. The van der Waals surface area contributed by atoms with Gasteiger partial charge in [-0.05, 0) is 40.0 Å².